The van der Waals surface area contributed by atoms with E-state index in [0.717, 1.165) is 45.1 Å². The fraction of sp³-hybridized carbons (Fsp3) is 0.889. The van der Waals surface area contributed by atoms with Crippen LogP contribution in [0.15, 0.2) is 0 Å². The minimum absolute atomic E-state index is 0.0800. The van der Waals surface area contributed by atoms with Gasteiger partial charge in [-0.3, -0.25) is 14.5 Å². The first-order valence-electron chi connectivity index (χ1n) is 9.38. The fourth-order valence-electron chi connectivity index (χ4n) is 4.30. The number of rotatable bonds is 3. The number of carbonyl (C=O) groups excluding carboxylic acids is 2. The molecule has 0 aromatic carbocycles. The van der Waals surface area contributed by atoms with E-state index in [4.69, 9.17) is 0 Å². The molecule has 2 amide bonds. The van der Waals surface area contributed by atoms with Crippen LogP contribution in [0, 0.1) is 11.8 Å². The van der Waals surface area contributed by atoms with Gasteiger partial charge in [0.05, 0.1) is 0 Å². The molecule has 2 heterocycles. The smallest absolute Gasteiger partial charge is 0.226 e. The molecular formula is C18H31N3O2. The molecule has 0 aromatic heterocycles. The lowest BCUT2D eigenvalue weighted by molar-refractivity contribution is -0.145. The number of amides is 2. The van der Waals surface area contributed by atoms with Crippen LogP contribution in [0.5, 0.6) is 0 Å². The van der Waals surface area contributed by atoms with Crippen LogP contribution in [-0.2, 0) is 9.59 Å². The minimum Gasteiger partial charge on any atom is -0.346 e. The predicted molar refractivity (Wildman–Crippen MR) is 90.0 cm³/mol. The lowest BCUT2D eigenvalue weighted by atomic mass is 9.89. The third kappa shape index (κ3) is 4.25. The molecule has 1 atom stereocenters. The van der Waals surface area contributed by atoms with Gasteiger partial charge < -0.3 is 9.80 Å². The van der Waals surface area contributed by atoms with Gasteiger partial charge in [0.15, 0.2) is 0 Å². The van der Waals surface area contributed by atoms with Crippen LogP contribution >= 0.6 is 0 Å². The molecule has 0 unspecified atom stereocenters. The number of likely N-dealkylation sites (tertiary alicyclic amines) is 1. The van der Waals surface area contributed by atoms with Crippen molar-refractivity contribution >= 4 is 11.8 Å². The quantitative estimate of drug-likeness (QED) is 0.793. The van der Waals surface area contributed by atoms with Crippen LogP contribution < -0.4 is 0 Å². The maximum Gasteiger partial charge on any atom is 0.226 e. The highest BCUT2D eigenvalue weighted by Crippen LogP contribution is 2.25. The Labute approximate surface area is 140 Å². The Hall–Kier alpha value is -1.10. The third-order valence-electron chi connectivity index (χ3n) is 5.93. The summed E-state index contributed by atoms with van der Waals surface area (Å²) in [6, 6.07) is 0. The van der Waals surface area contributed by atoms with E-state index >= 15 is 0 Å². The molecule has 2 saturated heterocycles. The number of hydrogen-bond donors (Lipinski definition) is 0. The molecule has 130 valence electrons. The van der Waals surface area contributed by atoms with E-state index in [1.807, 2.05) is 11.9 Å². The Morgan fingerprint density at radius 1 is 1.00 bits per heavy atom. The van der Waals surface area contributed by atoms with Crippen molar-refractivity contribution in [2.75, 3.05) is 46.3 Å². The molecule has 0 spiro atoms. The van der Waals surface area contributed by atoms with E-state index < -0.39 is 0 Å². The SMILES string of the molecule is CN1CC[C@@H](C(=O)N2CCN(CC3CCCCC3)CC2)CC1=O. The van der Waals surface area contributed by atoms with Gasteiger partial charge in [0.2, 0.25) is 11.8 Å². The number of carbonyl (C=O) groups is 2. The standard InChI is InChI=1S/C18H31N3O2/c1-19-8-7-16(13-17(19)22)18(23)21-11-9-20(10-12-21)14-15-5-3-2-4-6-15/h15-16H,2-14H2,1H3/t16-/m1/s1. The van der Waals surface area contributed by atoms with Crippen LogP contribution in [0.3, 0.4) is 0 Å². The molecule has 3 rings (SSSR count). The fourth-order valence-corrected chi connectivity index (χ4v) is 4.30. The summed E-state index contributed by atoms with van der Waals surface area (Å²) in [5.74, 6) is 1.12. The summed E-state index contributed by atoms with van der Waals surface area (Å²) in [7, 11) is 1.83. The van der Waals surface area contributed by atoms with Crippen molar-refractivity contribution in [3.63, 3.8) is 0 Å². The van der Waals surface area contributed by atoms with Gasteiger partial charge in [-0.25, -0.2) is 0 Å². The molecule has 2 aliphatic heterocycles. The van der Waals surface area contributed by atoms with Crippen molar-refractivity contribution in [1.29, 1.82) is 0 Å². The van der Waals surface area contributed by atoms with Crippen LogP contribution in [0.4, 0.5) is 0 Å². The predicted octanol–water partition coefficient (Wildman–Crippen LogP) is 1.58. The van der Waals surface area contributed by atoms with E-state index in [9.17, 15) is 9.59 Å². The number of nitrogens with zero attached hydrogens (tertiary/aromatic N) is 3. The van der Waals surface area contributed by atoms with E-state index in [0.29, 0.717) is 6.42 Å². The zero-order valence-corrected chi connectivity index (χ0v) is 14.5. The average molecular weight is 321 g/mol. The lowest BCUT2D eigenvalue weighted by Gasteiger charge is -2.39. The van der Waals surface area contributed by atoms with Crippen LogP contribution in [0.25, 0.3) is 0 Å². The summed E-state index contributed by atoms with van der Waals surface area (Å²) in [6.07, 6.45) is 8.20. The number of piperazine rings is 1. The van der Waals surface area contributed by atoms with Crippen LogP contribution in [0.1, 0.15) is 44.9 Å². The molecule has 0 N–H and O–H groups in total. The van der Waals surface area contributed by atoms with E-state index in [2.05, 4.69) is 4.90 Å². The number of hydrogen-bond acceptors (Lipinski definition) is 3. The first kappa shape index (κ1) is 16.7. The van der Waals surface area contributed by atoms with Gasteiger partial charge in [-0.15, -0.1) is 0 Å². The minimum atomic E-state index is -0.0800. The van der Waals surface area contributed by atoms with Gasteiger partial charge in [0.25, 0.3) is 0 Å². The first-order valence-corrected chi connectivity index (χ1v) is 9.38. The van der Waals surface area contributed by atoms with Gasteiger partial charge >= 0.3 is 0 Å². The average Bonchev–Trinajstić information content (AvgIpc) is 2.58. The lowest BCUT2D eigenvalue weighted by Crippen LogP contribution is -2.52. The molecule has 1 saturated carbocycles. The Morgan fingerprint density at radius 3 is 2.35 bits per heavy atom. The normalized spacial score (nSPS) is 28.2. The molecule has 0 radical (unpaired) electrons. The second kappa shape index (κ2) is 7.65. The summed E-state index contributed by atoms with van der Waals surface area (Å²) in [4.78, 5) is 30.7. The molecule has 3 fully saturated rings. The molecule has 23 heavy (non-hydrogen) atoms. The van der Waals surface area contributed by atoms with Gasteiger partial charge in [-0.1, -0.05) is 19.3 Å². The topological polar surface area (TPSA) is 43.9 Å². The van der Waals surface area contributed by atoms with Crippen molar-refractivity contribution in [1.82, 2.24) is 14.7 Å². The Kier molecular flexibility index (Phi) is 5.57. The van der Waals surface area contributed by atoms with Gasteiger partial charge in [0.1, 0.15) is 0 Å². The molecular weight excluding hydrogens is 290 g/mol. The zero-order valence-electron chi connectivity index (χ0n) is 14.5. The molecule has 1 aliphatic carbocycles. The van der Waals surface area contributed by atoms with Gasteiger partial charge in [-0.05, 0) is 25.2 Å². The third-order valence-corrected chi connectivity index (χ3v) is 5.93. The summed E-state index contributed by atoms with van der Waals surface area (Å²) in [5.41, 5.74) is 0. The summed E-state index contributed by atoms with van der Waals surface area (Å²) >= 11 is 0. The van der Waals surface area contributed by atoms with E-state index in [1.54, 1.807) is 4.90 Å². The number of piperidine rings is 1. The molecule has 5 heteroatoms. The van der Waals surface area contributed by atoms with Crippen molar-refractivity contribution < 1.29 is 9.59 Å². The highest BCUT2D eigenvalue weighted by molar-refractivity contribution is 5.86. The zero-order chi connectivity index (χ0) is 16.2. The highest BCUT2D eigenvalue weighted by Gasteiger charge is 2.33. The summed E-state index contributed by atoms with van der Waals surface area (Å²) in [5, 5.41) is 0. The molecule has 3 aliphatic rings. The molecule has 5 nitrogen and oxygen atoms in total. The highest BCUT2D eigenvalue weighted by atomic mass is 16.2. The Morgan fingerprint density at radius 2 is 1.70 bits per heavy atom. The van der Waals surface area contributed by atoms with E-state index in [-0.39, 0.29) is 17.7 Å². The molecule has 0 aromatic rings. The molecule has 0 bridgehead atoms. The second-order valence-electron chi connectivity index (χ2n) is 7.63. The van der Waals surface area contributed by atoms with Gasteiger partial charge in [-0.2, -0.15) is 0 Å². The van der Waals surface area contributed by atoms with Crippen molar-refractivity contribution in [2.45, 2.75) is 44.9 Å². The maximum atomic E-state index is 12.6. The van der Waals surface area contributed by atoms with Crippen molar-refractivity contribution in [3.05, 3.63) is 0 Å². The van der Waals surface area contributed by atoms with Crippen molar-refractivity contribution in [2.24, 2.45) is 11.8 Å². The van der Waals surface area contributed by atoms with Crippen LogP contribution in [0.2, 0.25) is 0 Å². The van der Waals surface area contributed by atoms with Crippen molar-refractivity contribution in [3.8, 4) is 0 Å². The Balaban J connectivity index is 1.43. The van der Waals surface area contributed by atoms with Crippen LogP contribution in [-0.4, -0.2) is 72.8 Å². The second-order valence-corrected chi connectivity index (χ2v) is 7.63. The van der Waals surface area contributed by atoms with E-state index in [1.165, 1.54) is 38.6 Å². The summed E-state index contributed by atoms with van der Waals surface area (Å²) < 4.78 is 0. The summed E-state index contributed by atoms with van der Waals surface area (Å²) in [6.45, 7) is 5.62. The maximum absolute atomic E-state index is 12.6. The van der Waals surface area contributed by atoms with Gasteiger partial charge in [0, 0.05) is 58.7 Å². The monoisotopic (exact) mass is 321 g/mol. The first-order chi connectivity index (χ1) is 11.1. The largest absolute Gasteiger partial charge is 0.346 e. The Bertz CT molecular complexity index is 426.